The predicted molar refractivity (Wildman–Crippen MR) is 81.2 cm³/mol. The molecule has 1 fully saturated rings. The van der Waals surface area contributed by atoms with Crippen LogP contribution in [-0.4, -0.2) is 23.7 Å². The number of halogens is 1. The molecule has 2 nitrogen and oxygen atoms in total. The van der Waals surface area contributed by atoms with E-state index in [1.54, 1.807) is 0 Å². The Morgan fingerprint density at radius 2 is 1.53 bits per heavy atom. The Morgan fingerprint density at radius 3 is 1.95 bits per heavy atom. The summed E-state index contributed by atoms with van der Waals surface area (Å²) < 4.78 is 12.0. The largest absolute Gasteiger partial charge is 0.494 e. The average molecular weight is 281 g/mol. The van der Waals surface area contributed by atoms with Crippen molar-refractivity contribution in [1.29, 1.82) is 0 Å². The van der Waals surface area contributed by atoms with Crippen LogP contribution in [0, 0.1) is 0 Å². The molecule has 1 heterocycles. The third-order valence-electron chi connectivity index (χ3n) is 4.02. The lowest BCUT2D eigenvalue weighted by Gasteiger charge is -2.32. The van der Waals surface area contributed by atoms with E-state index in [4.69, 9.17) is 20.9 Å². The third kappa shape index (κ3) is 3.15. The van der Waals surface area contributed by atoms with Crippen molar-refractivity contribution in [3.63, 3.8) is 0 Å². The third-order valence-corrected chi connectivity index (χ3v) is 4.18. The maximum atomic E-state index is 6.02. The average Bonchev–Trinajstić information content (AvgIpc) is 2.48. The van der Waals surface area contributed by atoms with Gasteiger partial charge in [0.25, 0.3) is 0 Å². The van der Waals surface area contributed by atoms with Crippen LogP contribution in [-0.2, 0) is 15.7 Å². The van der Waals surface area contributed by atoms with Crippen LogP contribution >= 0.6 is 11.6 Å². The molecule has 1 aliphatic heterocycles. The highest BCUT2D eigenvalue weighted by atomic mass is 35.5. The van der Waals surface area contributed by atoms with Crippen molar-refractivity contribution in [1.82, 2.24) is 0 Å². The molecule has 104 valence electrons. The van der Waals surface area contributed by atoms with E-state index in [2.05, 4.69) is 52.0 Å². The molecule has 0 N–H and O–H groups in total. The van der Waals surface area contributed by atoms with Crippen molar-refractivity contribution in [2.24, 2.45) is 0 Å². The standard InChI is InChI=1S/C15H22BClO2/c1-11(17)10-12-6-8-13(9-7-12)16-18-14(2,3)15(4,5)19-16/h6-9,11H,10H2,1-5H3. The second kappa shape index (κ2) is 5.12. The van der Waals surface area contributed by atoms with Gasteiger partial charge < -0.3 is 9.31 Å². The Morgan fingerprint density at radius 1 is 1.05 bits per heavy atom. The van der Waals surface area contributed by atoms with Gasteiger partial charge in [0.2, 0.25) is 0 Å². The molecule has 1 aromatic carbocycles. The second-order valence-electron chi connectivity index (χ2n) is 6.31. The quantitative estimate of drug-likeness (QED) is 0.625. The summed E-state index contributed by atoms with van der Waals surface area (Å²) >= 11 is 6.00. The van der Waals surface area contributed by atoms with Crippen molar-refractivity contribution in [3.05, 3.63) is 29.8 Å². The molecule has 0 aliphatic carbocycles. The van der Waals surface area contributed by atoms with E-state index in [1.807, 2.05) is 6.92 Å². The fourth-order valence-electron chi connectivity index (χ4n) is 2.11. The van der Waals surface area contributed by atoms with E-state index in [9.17, 15) is 0 Å². The molecule has 0 radical (unpaired) electrons. The Kier molecular flexibility index (Phi) is 4.01. The number of alkyl halides is 1. The lowest BCUT2D eigenvalue weighted by atomic mass is 9.79. The molecule has 0 amide bonds. The lowest BCUT2D eigenvalue weighted by molar-refractivity contribution is 0.00578. The summed E-state index contributed by atoms with van der Waals surface area (Å²) in [5.74, 6) is 0. The summed E-state index contributed by atoms with van der Waals surface area (Å²) in [5.41, 5.74) is 1.72. The topological polar surface area (TPSA) is 18.5 Å². The Labute approximate surface area is 121 Å². The number of benzene rings is 1. The molecule has 0 bridgehead atoms. The van der Waals surface area contributed by atoms with Crippen molar-refractivity contribution >= 4 is 24.2 Å². The summed E-state index contributed by atoms with van der Waals surface area (Å²) in [6.45, 7) is 10.3. The van der Waals surface area contributed by atoms with Gasteiger partial charge in [-0.2, -0.15) is 0 Å². The first-order valence-corrected chi connectivity index (χ1v) is 7.23. The summed E-state index contributed by atoms with van der Waals surface area (Å²) in [7, 11) is -0.285. The predicted octanol–water partition coefficient (Wildman–Crippen LogP) is 3.16. The van der Waals surface area contributed by atoms with Gasteiger partial charge in [0.15, 0.2) is 0 Å². The highest BCUT2D eigenvalue weighted by molar-refractivity contribution is 6.62. The van der Waals surface area contributed by atoms with Crippen molar-refractivity contribution < 1.29 is 9.31 Å². The summed E-state index contributed by atoms with van der Waals surface area (Å²) in [5, 5.41) is 0.155. The molecule has 0 saturated carbocycles. The number of hydrogen-bond acceptors (Lipinski definition) is 2. The maximum absolute atomic E-state index is 6.02. The Bertz CT molecular complexity index is 424. The minimum Gasteiger partial charge on any atom is -0.399 e. The van der Waals surface area contributed by atoms with Crippen molar-refractivity contribution in [2.75, 3.05) is 0 Å². The van der Waals surface area contributed by atoms with E-state index in [-0.39, 0.29) is 23.7 Å². The van der Waals surface area contributed by atoms with Gasteiger partial charge in [-0.05, 0) is 52.1 Å². The highest BCUT2D eigenvalue weighted by Crippen LogP contribution is 2.36. The summed E-state index contributed by atoms with van der Waals surface area (Å²) in [6.07, 6.45) is 0.880. The highest BCUT2D eigenvalue weighted by Gasteiger charge is 2.51. The molecule has 2 rings (SSSR count). The second-order valence-corrected chi connectivity index (χ2v) is 7.06. The minimum absolute atomic E-state index is 0.155. The van der Waals surface area contributed by atoms with Gasteiger partial charge in [0, 0.05) is 5.38 Å². The molecule has 1 unspecified atom stereocenters. The lowest BCUT2D eigenvalue weighted by Crippen LogP contribution is -2.41. The Balaban J connectivity index is 2.12. The van der Waals surface area contributed by atoms with Crippen LogP contribution < -0.4 is 5.46 Å². The van der Waals surface area contributed by atoms with Gasteiger partial charge >= 0.3 is 7.12 Å². The van der Waals surface area contributed by atoms with Crippen LogP contribution in [0.15, 0.2) is 24.3 Å². The molecular formula is C15H22BClO2. The molecule has 19 heavy (non-hydrogen) atoms. The number of rotatable bonds is 3. The van der Waals surface area contributed by atoms with E-state index >= 15 is 0 Å². The Hall–Kier alpha value is -0.505. The normalized spacial score (nSPS) is 22.5. The molecule has 4 heteroatoms. The fraction of sp³-hybridized carbons (Fsp3) is 0.600. The molecular weight excluding hydrogens is 258 g/mol. The zero-order valence-corrected chi connectivity index (χ0v) is 13.1. The van der Waals surface area contributed by atoms with Gasteiger partial charge in [-0.1, -0.05) is 24.3 Å². The molecule has 1 atom stereocenters. The minimum atomic E-state index is -0.291. The van der Waals surface area contributed by atoms with Gasteiger partial charge in [-0.15, -0.1) is 11.6 Å². The molecule has 0 spiro atoms. The van der Waals surface area contributed by atoms with Crippen LogP contribution in [0.1, 0.15) is 40.2 Å². The van der Waals surface area contributed by atoms with Gasteiger partial charge in [-0.25, -0.2) is 0 Å². The monoisotopic (exact) mass is 280 g/mol. The van der Waals surface area contributed by atoms with E-state index in [0.717, 1.165) is 11.9 Å². The van der Waals surface area contributed by atoms with Crippen molar-refractivity contribution in [2.45, 2.75) is 57.6 Å². The maximum Gasteiger partial charge on any atom is 0.494 e. The fourth-order valence-corrected chi connectivity index (χ4v) is 2.29. The number of hydrogen-bond donors (Lipinski definition) is 0. The SMILES string of the molecule is CC(Cl)Cc1ccc(B2OC(C)(C)C(C)(C)O2)cc1. The molecule has 0 aromatic heterocycles. The molecule has 1 aromatic rings. The zero-order valence-electron chi connectivity index (χ0n) is 12.4. The van der Waals surface area contributed by atoms with Crippen LogP contribution in [0.4, 0.5) is 0 Å². The van der Waals surface area contributed by atoms with E-state index in [0.29, 0.717) is 0 Å². The first kappa shape index (κ1) is 14.9. The molecule has 1 aliphatic rings. The summed E-state index contributed by atoms with van der Waals surface area (Å²) in [4.78, 5) is 0. The van der Waals surface area contributed by atoms with Crippen LogP contribution in [0.3, 0.4) is 0 Å². The molecule has 1 saturated heterocycles. The van der Waals surface area contributed by atoms with Gasteiger partial charge in [0.05, 0.1) is 11.2 Å². The zero-order chi connectivity index (χ0) is 14.3. The van der Waals surface area contributed by atoms with E-state index < -0.39 is 0 Å². The van der Waals surface area contributed by atoms with Crippen LogP contribution in [0.25, 0.3) is 0 Å². The first-order chi connectivity index (χ1) is 8.71. The smallest absolute Gasteiger partial charge is 0.399 e. The summed E-state index contributed by atoms with van der Waals surface area (Å²) in [6, 6.07) is 8.33. The van der Waals surface area contributed by atoms with Gasteiger partial charge in [0.1, 0.15) is 0 Å². The van der Waals surface area contributed by atoms with Gasteiger partial charge in [-0.3, -0.25) is 0 Å². The van der Waals surface area contributed by atoms with Crippen LogP contribution in [0.2, 0.25) is 0 Å². The first-order valence-electron chi connectivity index (χ1n) is 6.80. The van der Waals surface area contributed by atoms with Crippen LogP contribution in [0.5, 0.6) is 0 Å². The van der Waals surface area contributed by atoms with Crippen molar-refractivity contribution in [3.8, 4) is 0 Å². The van der Waals surface area contributed by atoms with E-state index in [1.165, 1.54) is 5.56 Å².